The van der Waals surface area contributed by atoms with Crippen LogP contribution in [0.5, 0.6) is 5.75 Å². The molecule has 2 rings (SSSR count). The minimum absolute atomic E-state index is 0.132. The summed E-state index contributed by atoms with van der Waals surface area (Å²) in [5.41, 5.74) is 1.26. The molecular formula is C16H19N3O4S. The molecule has 0 saturated carbocycles. The van der Waals surface area contributed by atoms with Crippen molar-refractivity contribution in [1.82, 2.24) is 10.3 Å². The van der Waals surface area contributed by atoms with Gasteiger partial charge < -0.3 is 10.1 Å². The standard InChI is InChI=1S/C16H19N3O4S/c1-23-15-5-4-13(24(17,21)22)11-14(15)16(20)19-8-2-3-12-6-9-18-10-7-12/h4-7,9-11H,2-3,8H2,1H3,(H,19,20)(H2,17,21,22). The van der Waals surface area contributed by atoms with Crippen molar-refractivity contribution >= 4 is 15.9 Å². The number of ether oxygens (including phenoxy) is 1. The monoisotopic (exact) mass is 349 g/mol. The van der Waals surface area contributed by atoms with Gasteiger partial charge >= 0.3 is 0 Å². The fourth-order valence-electron chi connectivity index (χ4n) is 2.18. The molecule has 0 aliphatic carbocycles. The van der Waals surface area contributed by atoms with E-state index in [1.165, 1.54) is 25.3 Å². The first-order valence-electron chi connectivity index (χ1n) is 7.30. The van der Waals surface area contributed by atoms with Gasteiger partial charge in [0.15, 0.2) is 0 Å². The van der Waals surface area contributed by atoms with Crippen molar-refractivity contribution < 1.29 is 17.9 Å². The van der Waals surface area contributed by atoms with Gasteiger partial charge in [0, 0.05) is 18.9 Å². The van der Waals surface area contributed by atoms with E-state index in [0.717, 1.165) is 18.4 Å². The zero-order chi connectivity index (χ0) is 17.6. The molecule has 7 nitrogen and oxygen atoms in total. The van der Waals surface area contributed by atoms with E-state index in [1.807, 2.05) is 12.1 Å². The van der Waals surface area contributed by atoms with Crippen molar-refractivity contribution in [3.05, 3.63) is 53.9 Å². The normalized spacial score (nSPS) is 11.1. The van der Waals surface area contributed by atoms with E-state index in [2.05, 4.69) is 10.3 Å². The fraction of sp³-hybridized carbons (Fsp3) is 0.250. The Kier molecular flexibility index (Phi) is 5.88. The third-order valence-corrected chi connectivity index (χ3v) is 4.33. The van der Waals surface area contributed by atoms with E-state index in [9.17, 15) is 13.2 Å². The van der Waals surface area contributed by atoms with E-state index in [0.29, 0.717) is 6.54 Å². The molecular weight excluding hydrogens is 330 g/mol. The second kappa shape index (κ2) is 7.89. The number of aromatic nitrogens is 1. The molecule has 0 bridgehead atoms. The predicted molar refractivity (Wildman–Crippen MR) is 89.3 cm³/mol. The minimum atomic E-state index is -3.89. The number of nitrogens with zero attached hydrogens (tertiary/aromatic N) is 1. The first kappa shape index (κ1) is 17.9. The Morgan fingerprint density at radius 3 is 2.58 bits per heavy atom. The third-order valence-electron chi connectivity index (χ3n) is 3.42. The molecule has 0 aliphatic rings. The number of aryl methyl sites for hydroxylation is 1. The van der Waals surface area contributed by atoms with Crippen molar-refractivity contribution in [3.8, 4) is 5.75 Å². The van der Waals surface area contributed by atoms with Gasteiger partial charge in [0.05, 0.1) is 17.6 Å². The Bertz CT molecular complexity index is 807. The number of carbonyl (C=O) groups is 1. The molecule has 1 aromatic carbocycles. The van der Waals surface area contributed by atoms with Crippen LogP contribution in [0.15, 0.2) is 47.6 Å². The number of nitrogens with one attached hydrogen (secondary N) is 1. The molecule has 1 heterocycles. The summed E-state index contributed by atoms with van der Waals surface area (Å²) in [5, 5.41) is 7.85. The number of hydrogen-bond acceptors (Lipinski definition) is 5. The number of hydrogen-bond donors (Lipinski definition) is 2. The van der Waals surface area contributed by atoms with Gasteiger partial charge in [-0.1, -0.05) is 0 Å². The molecule has 0 spiro atoms. The summed E-state index contributed by atoms with van der Waals surface area (Å²) in [6.45, 7) is 0.448. The number of carbonyl (C=O) groups excluding carboxylic acids is 1. The summed E-state index contributed by atoms with van der Waals surface area (Å²) >= 11 is 0. The highest BCUT2D eigenvalue weighted by Gasteiger charge is 2.17. The number of benzene rings is 1. The van der Waals surface area contributed by atoms with Crippen molar-refractivity contribution in [2.24, 2.45) is 5.14 Å². The Morgan fingerprint density at radius 1 is 1.25 bits per heavy atom. The highest BCUT2D eigenvalue weighted by Crippen LogP contribution is 2.21. The Balaban J connectivity index is 2.01. The second-order valence-corrected chi connectivity index (χ2v) is 6.68. The van der Waals surface area contributed by atoms with Crippen LogP contribution in [0.4, 0.5) is 0 Å². The van der Waals surface area contributed by atoms with Crippen molar-refractivity contribution in [2.75, 3.05) is 13.7 Å². The summed E-state index contributed by atoms with van der Waals surface area (Å²) in [5.74, 6) is -0.124. The van der Waals surface area contributed by atoms with E-state index in [4.69, 9.17) is 9.88 Å². The van der Waals surface area contributed by atoms with E-state index >= 15 is 0 Å². The van der Waals surface area contributed by atoms with Gasteiger partial charge in [0.1, 0.15) is 5.75 Å². The van der Waals surface area contributed by atoms with Crippen molar-refractivity contribution in [2.45, 2.75) is 17.7 Å². The average Bonchev–Trinajstić information content (AvgIpc) is 2.58. The highest BCUT2D eigenvalue weighted by atomic mass is 32.2. The zero-order valence-electron chi connectivity index (χ0n) is 13.2. The first-order chi connectivity index (χ1) is 11.4. The van der Waals surface area contributed by atoms with Crippen LogP contribution in [-0.2, 0) is 16.4 Å². The number of rotatable bonds is 7. The first-order valence-corrected chi connectivity index (χ1v) is 8.84. The molecule has 0 fully saturated rings. The van der Waals surface area contributed by atoms with E-state index in [-0.39, 0.29) is 16.2 Å². The third kappa shape index (κ3) is 4.77. The molecule has 0 unspecified atom stereocenters. The second-order valence-electron chi connectivity index (χ2n) is 5.12. The van der Waals surface area contributed by atoms with Crippen molar-refractivity contribution in [3.63, 3.8) is 0 Å². The lowest BCUT2D eigenvalue weighted by molar-refractivity contribution is 0.0950. The van der Waals surface area contributed by atoms with Crippen LogP contribution in [0.3, 0.4) is 0 Å². The van der Waals surface area contributed by atoms with Crippen LogP contribution in [0.2, 0.25) is 0 Å². The van der Waals surface area contributed by atoms with Crippen LogP contribution in [0, 0.1) is 0 Å². The summed E-state index contributed by atoms with van der Waals surface area (Å²) < 4.78 is 28.0. The lowest BCUT2D eigenvalue weighted by Gasteiger charge is -2.10. The molecule has 24 heavy (non-hydrogen) atoms. The average molecular weight is 349 g/mol. The zero-order valence-corrected chi connectivity index (χ0v) is 14.0. The van der Waals surface area contributed by atoms with Crippen LogP contribution in [0.1, 0.15) is 22.3 Å². The SMILES string of the molecule is COc1ccc(S(N)(=O)=O)cc1C(=O)NCCCc1ccncc1. The Hall–Kier alpha value is -2.45. The molecule has 0 aliphatic heterocycles. The van der Waals surface area contributed by atoms with Crippen LogP contribution >= 0.6 is 0 Å². The van der Waals surface area contributed by atoms with Crippen LogP contribution in [-0.4, -0.2) is 33.0 Å². The van der Waals surface area contributed by atoms with Crippen LogP contribution in [0.25, 0.3) is 0 Å². The molecule has 3 N–H and O–H groups in total. The lowest BCUT2D eigenvalue weighted by Crippen LogP contribution is -2.26. The molecule has 1 aromatic heterocycles. The largest absolute Gasteiger partial charge is 0.496 e. The number of pyridine rings is 1. The maximum atomic E-state index is 12.3. The van der Waals surface area contributed by atoms with Gasteiger partial charge in [-0.25, -0.2) is 13.6 Å². The summed E-state index contributed by atoms with van der Waals surface area (Å²) in [6.07, 6.45) is 4.99. The molecule has 1 amide bonds. The highest BCUT2D eigenvalue weighted by molar-refractivity contribution is 7.89. The molecule has 0 saturated heterocycles. The van der Waals surface area contributed by atoms with Gasteiger partial charge in [-0.3, -0.25) is 9.78 Å². The smallest absolute Gasteiger partial charge is 0.255 e. The van der Waals surface area contributed by atoms with Crippen LogP contribution < -0.4 is 15.2 Å². The lowest BCUT2D eigenvalue weighted by atomic mass is 10.1. The number of primary sulfonamides is 1. The van der Waals surface area contributed by atoms with Gasteiger partial charge in [-0.2, -0.15) is 0 Å². The quantitative estimate of drug-likeness (QED) is 0.727. The van der Waals surface area contributed by atoms with Crippen molar-refractivity contribution in [1.29, 1.82) is 0 Å². The minimum Gasteiger partial charge on any atom is -0.496 e. The molecule has 8 heteroatoms. The van der Waals surface area contributed by atoms with Gasteiger partial charge in [0.2, 0.25) is 10.0 Å². The van der Waals surface area contributed by atoms with Gasteiger partial charge in [-0.15, -0.1) is 0 Å². The Morgan fingerprint density at radius 2 is 1.96 bits per heavy atom. The summed E-state index contributed by atoms with van der Waals surface area (Å²) in [4.78, 5) is 16.1. The van der Waals surface area contributed by atoms with E-state index in [1.54, 1.807) is 12.4 Å². The molecule has 0 atom stereocenters. The van der Waals surface area contributed by atoms with Gasteiger partial charge in [-0.05, 0) is 48.7 Å². The molecule has 0 radical (unpaired) electrons. The topological polar surface area (TPSA) is 111 Å². The van der Waals surface area contributed by atoms with E-state index < -0.39 is 15.9 Å². The number of methoxy groups -OCH3 is 1. The maximum absolute atomic E-state index is 12.3. The molecule has 2 aromatic rings. The molecule has 128 valence electrons. The van der Waals surface area contributed by atoms with Gasteiger partial charge in [0.25, 0.3) is 5.91 Å². The Labute approximate surface area is 140 Å². The number of amides is 1. The summed E-state index contributed by atoms with van der Waals surface area (Å²) in [7, 11) is -2.48. The maximum Gasteiger partial charge on any atom is 0.255 e. The predicted octanol–water partition coefficient (Wildman–Crippen LogP) is 1.10. The fourth-order valence-corrected chi connectivity index (χ4v) is 2.72. The number of sulfonamides is 1. The number of nitrogens with two attached hydrogens (primary N) is 1. The summed E-state index contributed by atoms with van der Waals surface area (Å²) in [6, 6.07) is 7.76.